The molecule has 1 atom stereocenters. The number of benzene rings is 1. The molecule has 0 amide bonds. The van der Waals surface area contributed by atoms with Crippen LogP contribution in [-0.2, 0) is 9.47 Å². The van der Waals surface area contributed by atoms with Crippen molar-refractivity contribution in [1.82, 2.24) is 0 Å². The zero-order valence-electron chi connectivity index (χ0n) is 13.5. The molecule has 0 fully saturated rings. The Bertz CT molecular complexity index is 397. The van der Waals surface area contributed by atoms with Gasteiger partial charge in [0.1, 0.15) is 0 Å². The fraction of sp³-hybridized carbons (Fsp3) is 0.625. The van der Waals surface area contributed by atoms with Gasteiger partial charge >= 0.3 is 0 Å². The van der Waals surface area contributed by atoms with Crippen molar-refractivity contribution in [2.75, 3.05) is 50.7 Å². The van der Waals surface area contributed by atoms with E-state index >= 15 is 0 Å². The van der Waals surface area contributed by atoms with Crippen molar-refractivity contribution in [2.24, 2.45) is 0 Å². The Morgan fingerprint density at radius 3 is 2.57 bits per heavy atom. The largest absolute Gasteiger partial charge is 0.389 e. The summed E-state index contributed by atoms with van der Waals surface area (Å²) < 4.78 is 10.8. The Kier molecular flexibility index (Phi) is 8.12. The number of anilines is 2. The van der Waals surface area contributed by atoms with Gasteiger partial charge in [0, 0.05) is 20.6 Å². The maximum atomic E-state index is 9.91. The van der Waals surface area contributed by atoms with Crippen LogP contribution in [0.5, 0.6) is 0 Å². The first kappa shape index (κ1) is 17.8. The summed E-state index contributed by atoms with van der Waals surface area (Å²) in [6, 6.07) is 8.00. The SMILES string of the molecule is CC(C)OCCOCC(O)CNc1ccccc1N(C)C. The zero-order valence-corrected chi connectivity index (χ0v) is 13.5. The van der Waals surface area contributed by atoms with Crippen LogP contribution in [0.25, 0.3) is 0 Å². The fourth-order valence-corrected chi connectivity index (χ4v) is 1.86. The minimum Gasteiger partial charge on any atom is -0.389 e. The van der Waals surface area contributed by atoms with Crippen LogP contribution in [0.2, 0.25) is 0 Å². The molecule has 1 unspecified atom stereocenters. The predicted octanol–water partition coefficient (Wildman–Crippen LogP) is 1.97. The molecular weight excluding hydrogens is 268 g/mol. The van der Waals surface area contributed by atoms with Gasteiger partial charge in [0.15, 0.2) is 0 Å². The first-order valence-electron chi connectivity index (χ1n) is 7.38. The first-order chi connectivity index (χ1) is 10.0. The van der Waals surface area contributed by atoms with E-state index in [0.717, 1.165) is 11.4 Å². The monoisotopic (exact) mass is 296 g/mol. The van der Waals surface area contributed by atoms with E-state index in [0.29, 0.717) is 26.4 Å². The third-order valence-electron chi connectivity index (χ3n) is 2.90. The Morgan fingerprint density at radius 1 is 1.19 bits per heavy atom. The van der Waals surface area contributed by atoms with Crippen LogP contribution >= 0.6 is 0 Å². The van der Waals surface area contributed by atoms with Crippen LogP contribution in [0.4, 0.5) is 11.4 Å². The van der Waals surface area contributed by atoms with Gasteiger partial charge in [0.2, 0.25) is 0 Å². The Balaban J connectivity index is 2.25. The first-order valence-corrected chi connectivity index (χ1v) is 7.38. The molecule has 1 rings (SSSR count). The highest BCUT2D eigenvalue weighted by molar-refractivity contribution is 5.69. The summed E-state index contributed by atoms with van der Waals surface area (Å²) in [4.78, 5) is 2.04. The second-order valence-corrected chi connectivity index (χ2v) is 5.44. The standard InChI is InChI=1S/C16H28N2O3/c1-13(2)21-10-9-20-12-14(19)11-17-15-7-5-6-8-16(15)18(3)4/h5-8,13-14,17,19H,9-12H2,1-4H3. The Hall–Kier alpha value is -1.30. The molecule has 1 aromatic carbocycles. The third-order valence-corrected chi connectivity index (χ3v) is 2.90. The van der Waals surface area contributed by atoms with Gasteiger partial charge in [-0.2, -0.15) is 0 Å². The Morgan fingerprint density at radius 2 is 1.90 bits per heavy atom. The lowest BCUT2D eigenvalue weighted by Crippen LogP contribution is -2.26. The molecule has 5 nitrogen and oxygen atoms in total. The minimum absolute atomic E-state index is 0.211. The average molecular weight is 296 g/mol. The molecule has 0 saturated heterocycles. The van der Waals surface area contributed by atoms with Gasteiger partial charge in [0.05, 0.1) is 43.4 Å². The molecule has 0 radical (unpaired) electrons. The quantitative estimate of drug-likeness (QED) is 0.647. The van der Waals surface area contributed by atoms with Crippen molar-refractivity contribution in [3.63, 3.8) is 0 Å². The molecule has 0 aliphatic carbocycles. The van der Waals surface area contributed by atoms with Crippen LogP contribution in [0.15, 0.2) is 24.3 Å². The van der Waals surface area contributed by atoms with E-state index in [9.17, 15) is 5.11 Å². The Labute approximate surface area is 127 Å². The van der Waals surface area contributed by atoms with Crippen molar-refractivity contribution in [3.05, 3.63) is 24.3 Å². The van der Waals surface area contributed by atoms with E-state index < -0.39 is 6.10 Å². The van der Waals surface area contributed by atoms with Gasteiger partial charge in [-0.05, 0) is 26.0 Å². The van der Waals surface area contributed by atoms with Gasteiger partial charge in [-0.1, -0.05) is 12.1 Å². The van der Waals surface area contributed by atoms with E-state index in [1.54, 1.807) is 0 Å². The number of rotatable bonds is 10. The molecule has 21 heavy (non-hydrogen) atoms. The maximum absolute atomic E-state index is 9.91. The maximum Gasteiger partial charge on any atom is 0.0945 e. The second-order valence-electron chi connectivity index (χ2n) is 5.44. The molecule has 1 aromatic rings. The molecule has 5 heteroatoms. The van der Waals surface area contributed by atoms with Crippen LogP contribution in [-0.4, -0.2) is 57.8 Å². The number of hydrogen-bond donors (Lipinski definition) is 2. The molecule has 0 aliphatic rings. The molecule has 0 spiro atoms. The van der Waals surface area contributed by atoms with E-state index in [4.69, 9.17) is 9.47 Å². The number of aliphatic hydroxyl groups is 1. The number of aliphatic hydroxyl groups excluding tert-OH is 1. The van der Waals surface area contributed by atoms with E-state index in [1.807, 2.05) is 57.1 Å². The van der Waals surface area contributed by atoms with Crippen LogP contribution in [0.1, 0.15) is 13.8 Å². The number of nitrogens with zero attached hydrogens (tertiary/aromatic N) is 1. The smallest absolute Gasteiger partial charge is 0.0945 e. The average Bonchev–Trinajstić information content (AvgIpc) is 2.44. The van der Waals surface area contributed by atoms with Gasteiger partial charge in [-0.3, -0.25) is 0 Å². The summed E-state index contributed by atoms with van der Waals surface area (Å²) in [5.41, 5.74) is 2.10. The number of hydrogen-bond acceptors (Lipinski definition) is 5. The van der Waals surface area contributed by atoms with Gasteiger partial charge in [-0.15, -0.1) is 0 Å². The third kappa shape index (κ3) is 7.32. The van der Waals surface area contributed by atoms with Crippen LogP contribution in [0.3, 0.4) is 0 Å². The summed E-state index contributed by atoms with van der Waals surface area (Å²) in [5.74, 6) is 0. The van der Waals surface area contributed by atoms with Gasteiger partial charge < -0.3 is 24.8 Å². The van der Waals surface area contributed by atoms with Crippen molar-refractivity contribution in [3.8, 4) is 0 Å². The van der Waals surface area contributed by atoms with Crippen molar-refractivity contribution >= 4 is 11.4 Å². The summed E-state index contributed by atoms with van der Waals surface area (Å²) >= 11 is 0. The highest BCUT2D eigenvalue weighted by atomic mass is 16.5. The van der Waals surface area contributed by atoms with Gasteiger partial charge in [0.25, 0.3) is 0 Å². The van der Waals surface area contributed by atoms with Gasteiger partial charge in [-0.25, -0.2) is 0 Å². The summed E-state index contributed by atoms with van der Waals surface area (Å²) in [7, 11) is 3.99. The highest BCUT2D eigenvalue weighted by Gasteiger charge is 2.07. The van der Waals surface area contributed by atoms with Crippen molar-refractivity contribution in [1.29, 1.82) is 0 Å². The molecule has 0 aromatic heterocycles. The lowest BCUT2D eigenvalue weighted by molar-refractivity contribution is -0.00734. The predicted molar refractivity (Wildman–Crippen MR) is 87.2 cm³/mol. The number of ether oxygens (including phenoxy) is 2. The van der Waals surface area contributed by atoms with E-state index in [1.165, 1.54) is 0 Å². The molecule has 120 valence electrons. The van der Waals surface area contributed by atoms with E-state index in [-0.39, 0.29) is 6.10 Å². The molecule has 0 bridgehead atoms. The number of para-hydroxylation sites is 2. The number of nitrogens with one attached hydrogen (secondary N) is 1. The lowest BCUT2D eigenvalue weighted by Gasteiger charge is -2.20. The second kappa shape index (κ2) is 9.60. The topological polar surface area (TPSA) is 54.0 Å². The summed E-state index contributed by atoms with van der Waals surface area (Å²) in [5, 5.41) is 13.2. The van der Waals surface area contributed by atoms with Crippen LogP contribution < -0.4 is 10.2 Å². The zero-order chi connectivity index (χ0) is 15.7. The summed E-state index contributed by atoms with van der Waals surface area (Å²) in [6.07, 6.45) is -0.331. The molecular formula is C16H28N2O3. The van der Waals surface area contributed by atoms with E-state index in [2.05, 4.69) is 5.32 Å². The molecule has 2 N–H and O–H groups in total. The fourth-order valence-electron chi connectivity index (χ4n) is 1.86. The lowest BCUT2D eigenvalue weighted by atomic mass is 10.2. The summed E-state index contributed by atoms with van der Waals surface area (Å²) in [6.45, 7) is 5.79. The molecule has 0 heterocycles. The molecule has 0 saturated carbocycles. The van der Waals surface area contributed by atoms with Crippen molar-refractivity contribution in [2.45, 2.75) is 26.1 Å². The highest BCUT2D eigenvalue weighted by Crippen LogP contribution is 2.23. The van der Waals surface area contributed by atoms with Crippen molar-refractivity contribution < 1.29 is 14.6 Å². The molecule has 0 aliphatic heterocycles. The minimum atomic E-state index is -0.542. The van der Waals surface area contributed by atoms with Crippen LogP contribution in [0, 0.1) is 0 Å². The normalized spacial score (nSPS) is 12.5.